The Morgan fingerprint density at radius 2 is 1.93 bits per heavy atom. The lowest BCUT2D eigenvalue weighted by atomic mass is 9.90. The highest BCUT2D eigenvalue weighted by atomic mass is 32.2. The third-order valence-corrected chi connectivity index (χ3v) is 8.64. The molecular weight excluding hydrogens is 372 g/mol. The zero-order valence-electron chi connectivity index (χ0n) is 16.6. The zero-order valence-corrected chi connectivity index (χ0v) is 17.4. The smallest absolute Gasteiger partial charge is 0.185 e. The fraction of sp³-hybridized carbons (Fsp3) is 0.565. The van der Waals surface area contributed by atoms with Crippen molar-refractivity contribution in [3.05, 3.63) is 54.6 Å². The van der Waals surface area contributed by atoms with Crippen LogP contribution >= 0.6 is 0 Å². The first-order valence-corrected chi connectivity index (χ1v) is 11.9. The molecule has 0 aliphatic heterocycles. The number of hydrogen-bond donors (Lipinski definition) is 2. The topological polar surface area (TPSA) is 74.6 Å². The molecule has 4 nitrogen and oxygen atoms in total. The van der Waals surface area contributed by atoms with Gasteiger partial charge in [-0.05, 0) is 43.2 Å². The summed E-state index contributed by atoms with van der Waals surface area (Å²) in [5.41, 5.74) is 0.743. The molecule has 154 valence electrons. The fourth-order valence-electron chi connectivity index (χ4n) is 4.97. The van der Waals surface area contributed by atoms with E-state index < -0.39 is 27.3 Å². The molecule has 1 aromatic rings. The summed E-state index contributed by atoms with van der Waals surface area (Å²) >= 11 is 0. The second-order valence-electron chi connectivity index (χ2n) is 8.30. The largest absolute Gasteiger partial charge is 0.392 e. The van der Waals surface area contributed by atoms with E-state index in [1.807, 2.05) is 6.08 Å². The predicted octanol–water partition coefficient (Wildman–Crippen LogP) is 3.90. The van der Waals surface area contributed by atoms with E-state index in [1.54, 1.807) is 36.4 Å². The summed E-state index contributed by atoms with van der Waals surface area (Å²) in [6, 6.07) is 8.53. The van der Waals surface area contributed by atoms with Gasteiger partial charge in [-0.3, -0.25) is 0 Å². The van der Waals surface area contributed by atoms with Crippen LogP contribution in [0.5, 0.6) is 0 Å². The average molecular weight is 405 g/mol. The van der Waals surface area contributed by atoms with E-state index in [2.05, 4.69) is 13.5 Å². The van der Waals surface area contributed by atoms with E-state index >= 15 is 0 Å². The van der Waals surface area contributed by atoms with Gasteiger partial charge in [0.15, 0.2) is 9.84 Å². The minimum atomic E-state index is -3.52. The monoisotopic (exact) mass is 404 g/mol. The summed E-state index contributed by atoms with van der Waals surface area (Å²) < 4.78 is 26.4. The first-order valence-electron chi connectivity index (χ1n) is 10.4. The number of aliphatic hydroxyl groups is 2. The molecular formula is C23H32O4S. The predicted molar refractivity (Wildman–Crippen MR) is 112 cm³/mol. The molecule has 2 aliphatic rings. The zero-order chi connectivity index (χ0) is 20.3. The summed E-state index contributed by atoms with van der Waals surface area (Å²) in [6.45, 7) is 6.21. The molecule has 2 fully saturated rings. The van der Waals surface area contributed by atoms with E-state index in [0.717, 1.165) is 31.3 Å². The van der Waals surface area contributed by atoms with Crippen LogP contribution in [0.15, 0.2) is 59.5 Å². The number of aliphatic hydroxyl groups excluding tert-OH is 2. The highest BCUT2D eigenvalue weighted by molar-refractivity contribution is 7.92. The highest BCUT2D eigenvalue weighted by Crippen LogP contribution is 2.53. The van der Waals surface area contributed by atoms with Crippen molar-refractivity contribution in [3.63, 3.8) is 0 Å². The van der Waals surface area contributed by atoms with Gasteiger partial charge in [0, 0.05) is 5.92 Å². The second kappa shape index (κ2) is 8.93. The number of fused-ring (bicyclic) bond motifs is 1. The van der Waals surface area contributed by atoms with Gasteiger partial charge >= 0.3 is 0 Å². The summed E-state index contributed by atoms with van der Waals surface area (Å²) in [7, 11) is -3.52. The fourth-order valence-corrected chi connectivity index (χ4v) is 7.11. The second-order valence-corrected chi connectivity index (χ2v) is 10.4. The summed E-state index contributed by atoms with van der Waals surface area (Å²) in [5, 5.41) is 20.1. The lowest BCUT2D eigenvalue weighted by Crippen LogP contribution is -2.27. The SMILES string of the molecule is C=C1C[C@H]2[C@H](/C=C/[C@@H](O)CCCCC)[C@H](O)C[C@@H]2C1S(=O)(=O)c1ccccc1. The van der Waals surface area contributed by atoms with Crippen LogP contribution in [0.3, 0.4) is 0 Å². The third kappa shape index (κ3) is 4.27. The van der Waals surface area contributed by atoms with Crippen molar-refractivity contribution in [2.75, 3.05) is 0 Å². The minimum Gasteiger partial charge on any atom is -0.392 e. The van der Waals surface area contributed by atoms with Gasteiger partial charge in [0.2, 0.25) is 0 Å². The maximum atomic E-state index is 13.2. The van der Waals surface area contributed by atoms with Crippen LogP contribution in [0.25, 0.3) is 0 Å². The van der Waals surface area contributed by atoms with Crippen LogP contribution < -0.4 is 0 Å². The van der Waals surface area contributed by atoms with Crippen LogP contribution in [0.4, 0.5) is 0 Å². The van der Waals surface area contributed by atoms with Crippen molar-refractivity contribution in [2.45, 2.75) is 67.8 Å². The normalized spacial score (nSPS) is 31.4. The van der Waals surface area contributed by atoms with E-state index in [-0.39, 0.29) is 17.8 Å². The first-order chi connectivity index (χ1) is 13.4. The van der Waals surface area contributed by atoms with Crippen molar-refractivity contribution in [1.82, 2.24) is 0 Å². The Balaban J connectivity index is 1.75. The van der Waals surface area contributed by atoms with Crippen LogP contribution in [-0.2, 0) is 9.84 Å². The van der Waals surface area contributed by atoms with E-state index in [9.17, 15) is 18.6 Å². The van der Waals surface area contributed by atoms with Crippen molar-refractivity contribution >= 4 is 9.84 Å². The Hall–Kier alpha value is -1.43. The van der Waals surface area contributed by atoms with Crippen LogP contribution in [0.2, 0.25) is 0 Å². The summed E-state index contributed by atoms with van der Waals surface area (Å²) in [4.78, 5) is 0.321. The van der Waals surface area contributed by atoms with Gasteiger partial charge < -0.3 is 10.2 Å². The molecule has 0 radical (unpaired) electrons. The van der Waals surface area contributed by atoms with Gasteiger partial charge in [-0.15, -0.1) is 0 Å². The van der Waals surface area contributed by atoms with Crippen molar-refractivity contribution in [3.8, 4) is 0 Å². The first kappa shape index (κ1) is 21.3. The van der Waals surface area contributed by atoms with Gasteiger partial charge in [-0.2, -0.15) is 0 Å². The van der Waals surface area contributed by atoms with E-state index in [4.69, 9.17) is 0 Å². The standard InChI is InChI=1S/C23H32O4S/c1-3-4-6-9-17(24)12-13-19-20-14-16(2)23(21(20)15-22(19)25)28(26,27)18-10-7-5-8-11-18/h5,7-8,10-13,17,19-25H,2-4,6,9,14-15H2,1H3/b13-12+/t17-,19-,20-,21-,22+,23?/m0/s1. The third-order valence-electron chi connectivity index (χ3n) is 6.36. The van der Waals surface area contributed by atoms with Crippen molar-refractivity contribution in [1.29, 1.82) is 0 Å². The molecule has 2 saturated carbocycles. The number of sulfone groups is 1. The molecule has 2 N–H and O–H groups in total. The summed E-state index contributed by atoms with van der Waals surface area (Å²) in [6.07, 6.45) is 7.60. The summed E-state index contributed by atoms with van der Waals surface area (Å²) in [5.74, 6) is -0.191. The maximum Gasteiger partial charge on any atom is 0.185 e. The number of hydrogen-bond acceptors (Lipinski definition) is 4. The van der Waals surface area contributed by atoms with Crippen LogP contribution in [-0.4, -0.2) is 36.1 Å². The molecule has 0 aromatic heterocycles. The molecule has 6 atom stereocenters. The maximum absolute atomic E-state index is 13.2. The Labute approximate surface area is 168 Å². The Kier molecular flexibility index (Phi) is 6.79. The van der Waals surface area contributed by atoms with Gasteiger partial charge in [0.1, 0.15) is 0 Å². The Morgan fingerprint density at radius 3 is 2.61 bits per heavy atom. The Bertz CT molecular complexity index is 799. The molecule has 0 saturated heterocycles. The van der Waals surface area contributed by atoms with Gasteiger partial charge in [0.25, 0.3) is 0 Å². The van der Waals surface area contributed by atoms with Gasteiger partial charge in [0.05, 0.1) is 22.4 Å². The molecule has 0 bridgehead atoms. The van der Waals surface area contributed by atoms with Crippen molar-refractivity contribution in [2.24, 2.45) is 17.8 Å². The molecule has 1 unspecified atom stereocenters. The average Bonchev–Trinajstić information content (AvgIpc) is 3.13. The molecule has 0 heterocycles. The van der Waals surface area contributed by atoms with Crippen LogP contribution in [0, 0.1) is 17.8 Å². The molecule has 2 aliphatic carbocycles. The minimum absolute atomic E-state index is 0.0603. The lowest BCUT2D eigenvalue weighted by Gasteiger charge is -2.20. The number of benzene rings is 1. The molecule has 1 aromatic carbocycles. The molecule has 28 heavy (non-hydrogen) atoms. The molecule has 0 amide bonds. The van der Waals surface area contributed by atoms with Crippen molar-refractivity contribution < 1.29 is 18.6 Å². The number of unbranched alkanes of at least 4 members (excludes halogenated alkanes) is 2. The lowest BCUT2D eigenvalue weighted by molar-refractivity contribution is 0.139. The molecule has 0 spiro atoms. The van der Waals surface area contributed by atoms with E-state index in [0.29, 0.717) is 17.7 Å². The number of rotatable bonds is 8. The van der Waals surface area contributed by atoms with Gasteiger partial charge in [-0.25, -0.2) is 8.42 Å². The molecule has 5 heteroatoms. The Morgan fingerprint density at radius 1 is 1.21 bits per heavy atom. The van der Waals surface area contributed by atoms with Gasteiger partial charge in [-0.1, -0.05) is 68.7 Å². The van der Waals surface area contributed by atoms with E-state index in [1.165, 1.54) is 0 Å². The quantitative estimate of drug-likeness (QED) is 0.509. The van der Waals surface area contributed by atoms with Crippen LogP contribution in [0.1, 0.15) is 45.4 Å². The molecule has 3 rings (SSSR count). The highest BCUT2D eigenvalue weighted by Gasteiger charge is 2.54.